The van der Waals surface area contributed by atoms with Crippen molar-refractivity contribution in [2.45, 2.75) is 51.7 Å². The van der Waals surface area contributed by atoms with Crippen LogP contribution in [-0.4, -0.2) is 28.7 Å². The first-order valence-corrected chi connectivity index (χ1v) is 4.90. The predicted octanol–water partition coefficient (Wildman–Crippen LogP) is 0.910. The van der Waals surface area contributed by atoms with Crippen molar-refractivity contribution in [1.29, 1.82) is 0 Å². The minimum Gasteiger partial charge on any atom is -0.481 e. The molecule has 1 unspecified atom stereocenters. The molecule has 1 atom stereocenters. The summed E-state index contributed by atoms with van der Waals surface area (Å²) >= 11 is 0. The van der Waals surface area contributed by atoms with Gasteiger partial charge >= 0.3 is 11.9 Å². The second-order valence-corrected chi connectivity index (χ2v) is 4.48. The lowest BCUT2D eigenvalue weighted by molar-refractivity contribution is -0.155. The Morgan fingerprint density at radius 2 is 1.93 bits per heavy atom. The third kappa shape index (κ3) is 9.21. The largest absolute Gasteiger partial charge is 0.481 e. The summed E-state index contributed by atoms with van der Waals surface area (Å²) < 4.78 is 5.05. The molecule has 0 rings (SSSR count). The van der Waals surface area contributed by atoms with Crippen LogP contribution in [0.15, 0.2) is 0 Å². The Morgan fingerprint density at radius 3 is 2.33 bits per heavy atom. The van der Waals surface area contributed by atoms with E-state index in [4.69, 9.17) is 15.6 Å². The van der Waals surface area contributed by atoms with Gasteiger partial charge in [-0.25, -0.2) is 0 Å². The molecule has 0 aliphatic carbocycles. The van der Waals surface area contributed by atoms with Crippen LogP contribution in [0, 0.1) is 0 Å². The van der Waals surface area contributed by atoms with Crippen molar-refractivity contribution in [3.05, 3.63) is 0 Å². The summed E-state index contributed by atoms with van der Waals surface area (Å²) in [6, 6.07) is -0.491. The topological polar surface area (TPSA) is 89.6 Å². The zero-order chi connectivity index (χ0) is 12.1. The average molecular weight is 217 g/mol. The molecule has 5 heteroatoms. The first-order valence-electron chi connectivity index (χ1n) is 4.90. The normalized spacial score (nSPS) is 13.3. The second kappa shape index (κ2) is 5.70. The van der Waals surface area contributed by atoms with Crippen LogP contribution in [0.25, 0.3) is 0 Å². The number of hydrogen-bond acceptors (Lipinski definition) is 4. The van der Waals surface area contributed by atoms with Crippen molar-refractivity contribution in [3.63, 3.8) is 0 Å². The van der Waals surface area contributed by atoms with Crippen LogP contribution in [0.3, 0.4) is 0 Å². The van der Waals surface area contributed by atoms with Gasteiger partial charge in [0.05, 0.1) is 6.42 Å². The van der Waals surface area contributed by atoms with E-state index in [1.165, 1.54) is 0 Å². The van der Waals surface area contributed by atoms with E-state index in [-0.39, 0.29) is 18.8 Å². The molecule has 0 amide bonds. The van der Waals surface area contributed by atoms with E-state index in [1.54, 1.807) is 20.8 Å². The minimum absolute atomic E-state index is 0.122. The molecule has 0 radical (unpaired) electrons. The number of ether oxygens (including phenoxy) is 1. The molecule has 0 saturated carbocycles. The van der Waals surface area contributed by atoms with Crippen LogP contribution in [0.5, 0.6) is 0 Å². The van der Waals surface area contributed by atoms with E-state index in [0.717, 1.165) is 0 Å². The van der Waals surface area contributed by atoms with Gasteiger partial charge in [0, 0.05) is 12.5 Å². The van der Waals surface area contributed by atoms with Gasteiger partial charge in [0.1, 0.15) is 5.60 Å². The van der Waals surface area contributed by atoms with Crippen LogP contribution in [0.4, 0.5) is 0 Å². The maximum atomic E-state index is 11.2. The molecule has 0 bridgehead atoms. The average Bonchev–Trinajstić information content (AvgIpc) is 1.96. The van der Waals surface area contributed by atoms with E-state index < -0.39 is 17.6 Å². The Hall–Kier alpha value is -1.10. The van der Waals surface area contributed by atoms with Gasteiger partial charge in [-0.15, -0.1) is 0 Å². The summed E-state index contributed by atoms with van der Waals surface area (Å²) in [6.07, 6.45) is 0.371. The van der Waals surface area contributed by atoms with Gasteiger partial charge < -0.3 is 15.6 Å². The summed E-state index contributed by atoms with van der Waals surface area (Å²) in [5.41, 5.74) is 4.99. The molecule has 5 nitrogen and oxygen atoms in total. The molecule has 3 N–H and O–H groups in total. The molecule has 0 heterocycles. The van der Waals surface area contributed by atoms with Crippen molar-refractivity contribution in [2.75, 3.05) is 0 Å². The molecule has 0 fully saturated rings. The number of aliphatic carboxylic acids is 1. The van der Waals surface area contributed by atoms with E-state index in [2.05, 4.69) is 0 Å². The van der Waals surface area contributed by atoms with Gasteiger partial charge in [0.25, 0.3) is 0 Å². The summed E-state index contributed by atoms with van der Waals surface area (Å²) in [5.74, 6) is -1.30. The third-order valence-electron chi connectivity index (χ3n) is 1.58. The smallest absolute Gasteiger partial charge is 0.306 e. The van der Waals surface area contributed by atoms with Crippen molar-refractivity contribution >= 4 is 11.9 Å². The fourth-order valence-corrected chi connectivity index (χ4v) is 1.02. The number of carboxylic acids is 1. The lowest BCUT2D eigenvalue weighted by Crippen LogP contribution is -2.27. The molecule has 15 heavy (non-hydrogen) atoms. The molecule has 88 valence electrons. The summed E-state index contributed by atoms with van der Waals surface area (Å²) in [5, 5.41) is 8.44. The fourth-order valence-electron chi connectivity index (χ4n) is 1.02. The number of hydrogen-bond donors (Lipinski definition) is 2. The van der Waals surface area contributed by atoms with E-state index in [9.17, 15) is 9.59 Å². The molecule has 0 saturated heterocycles. The third-order valence-corrected chi connectivity index (χ3v) is 1.58. The van der Waals surface area contributed by atoms with Gasteiger partial charge in [-0.2, -0.15) is 0 Å². The summed E-state index contributed by atoms with van der Waals surface area (Å²) in [7, 11) is 0. The van der Waals surface area contributed by atoms with Crippen LogP contribution in [0.1, 0.15) is 40.0 Å². The molecule has 0 aliphatic heterocycles. The number of carboxylic acid groups (broad SMARTS) is 1. The summed E-state index contributed by atoms with van der Waals surface area (Å²) in [6.45, 7) is 5.34. The van der Waals surface area contributed by atoms with Gasteiger partial charge in [-0.3, -0.25) is 9.59 Å². The van der Waals surface area contributed by atoms with E-state index >= 15 is 0 Å². The van der Waals surface area contributed by atoms with Crippen LogP contribution in [-0.2, 0) is 14.3 Å². The Morgan fingerprint density at radius 1 is 1.40 bits per heavy atom. The number of carbonyl (C=O) groups excluding carboxylic acids is 1. The quantitative estimate of drug-likeness (QED) is 0.668. The molecule has 0 aromatic carbocycles. The highest BCUT2D eigenvalue weighted by Gasteiger charge is 2.17. The van der Waals surface area contributed by atoms with E-state index in [0.29, 0.717) is 6.42 Å². The van der Waals surface area contributed by atoms with Crippen LogP contribution >= 0.6 is 0 Å². The Bertz CT molecular complexity index is 232. The molecule has 0 aromatic heterocycles. The minimum atomic E-state index is -0.952. The lowest BCUT2D eigenvalue weighted by Gasteiger charge is -2.19. The Balaban J connectivity index is 3.76. The highest BCUT2D eigenvalue weighted by molar-refractivity contribution is 5.70. The van der Waals surface area contributed by atoms with Crippen molar-refractivity contribution in [1.82, 2.24) is 0 Å². The zero-order valence-corrected chi connectivity index (χ0v) is 9.45. The molecular weight excluding hydrogens is 198 g/mol. The zero-order valence-electron chi connectivity index (χ0n) is 9.45. The number of carbonyl (C=O) groups is 2. The Kier molecular flexibility index (Phi) is 5.28. The maximum Gasteiger partial charge on any atom is 0.306 e. The first kappa shape index (κ1) is 13.9. The molecular formula is C10H19NO4. The number of rotatable bonds is 5. The second-order valence-electron chi connectivity index (χ2n) is 4.48. The predicted molar refractivity (Wildman–Crippen MR) is 55.3 cm³/mol. The standard InChI is InChI=1S/C10H19NO4/c1-10(2,3)15-9(14)5-4-7(11)6-8(12)13/h7H,4-6,11H2,1-3H3,(H,12,13). The molecule has 0 spiro atoms. The fraction of sp³-hybridized carbons (Fsp3) is 0.800. The molecule has 0 aliphatic rings. The maximum absolute atomic E-state index is 11.2. The van der Waals surface area contributed by atoms with Crippen molar-refractivity contribution in [3.8, 4) is 0 Å². The highest BCUT2D eigenvalue weighted by Crippen LogP contribution is 2.10. The van der Waals surface area contributed by atoms with Gasteiger partial charge in [-0.1, -0.05) is 0 Å². The van der Waals surface area contributed by atoms with Gasteiger partial charge in [0.2, 0.25) is 0 Å². The monoisotopic (exact) mass is 217 g/mol. The van der Waals surface area contributed by atoms with Crippen LogP contribution < -0.4 is 5.73 Å². The van der Waals surface area contributed by atoms with Gasteiger partial charge in [0.15, 0.2) is 0 Å². The Labute approximate surface area is 89.6 Å². The summed E-state index contributed by atoms with van der Waals surface area (Å²) in [4.78, 5) is 21.5. The number of esters is 1. The van der Waals surface area contributed by atoms with E-state index in [1.807, 2.05) is 0 Å². The highest BCUT2D eigenvalue weighted by atomic mass is 16.6. The number of nitrogens with two attached hydrogens (primary N) is 1. The van der Waals surface area contributed by atoms with Crippen molar-refractivity contribution in [2.24, 2.45) is 5.73 Å². The lowest BCUT2D eigenvalue weighted by atomic mass is 10.1. The van der Waals surface area contributed by atoms with Crippen molar-refractivity contribution < 1.29 is 19.4 Å². The first-order chi connectivity index (χ1) is 6.70. The van der Waals surface area contributed by atoms with Gasteiger partial charge in [-0.05, 0) is 27.2 Å². The molecule has 0 aromatic rings. The SMILES string of the molecule is CC(C)(C)OC(=O)CCC(N)CC(=O)O. The van der Waals surface area contributed by atoms with Crippen LogP contribution in [0.2, 0.25) is 0 Å².